The second kappa shape index (κ2) is 13.6. The number of rotatable bonds is 6. The van der Waals surface area contributed by atoms with E-state index < -0.39 is 0 Å². The summed E-state index contributed by atoms with van der Waals surface area (Å²) >= 11 is 0. The lowest BCUT2D eigenvalue weighted by Gasteiger charge is -2.13. The van der Waals surface area contributed by atoms with Crippen LogP contribution in [0.15, 0.2) is 182 Å². The molecule has 0 bridgehead atoms. The van der Waals surface area contributed by atoms with Gasteiger partial charge in [-0.25, -0.2) is 15.0 Å². The number of pyridine rings is 3. The molecular formula is C50H33N5. The Balaban J connectivity index is 1.11. The molecule has 0 radical (unpaired) electrons. The second-order valence-electron chi connectivity index (χ2n) is 13.8. The van der Waals surface area contributed by atoms with E-state index in [1.165, 1.54) is 0 Å². The first-order valence-corrected chi connectivity index (χ1v) is 18.4. The third-order valence-corrected chi connectivity index (χ3v) is 10.2. The molecule has 4 heterocycles. The van der Waals surface area contributed by atoms with E-state index in [1.54, 1.807) is 0 Å². The Bertz CT molecular complexity index is 3040. The van der Waals surface area contributed by atoms with Gasteiger partial charge >= 0.3 is 0 Å². The van der Waals surface area contributed by atoms with E-state index in [0.29, 0.717) is 5.82 Å². The first kappa shape index (κ1) is 32.3. The summed E-state index contributed by atoms with van der Waals surface area (Å²) in [6, 6.07) is 60.9. The summed E-state index contributed by atoms with van der Waals surface area (Å²) in [5.74, 6) is 0.658. The molecule has 0 aliphatic rings. The van der Waals surface area contributed by atoms with Crippen LogP contribution >= 0.6 is 0 Å². The summed E-state index contributed by atoms with van der Waals surface area (Å²) in [4.78, 5) is 25.3. The van der Waals surface area contributed by atoms with Crippen LogP contribution < -0.4 is 0 Å². The summed E-state index contributed by atoms with van der Waals surface area (Å²) in [5.41, 5.74) is 14.7. The van der Waals surface area contributed by atoms with E-state index in [2.05, 4.69) is 133 Å². The van der Waals surface area contributed by atoms with Gasteiger partial charge in [0.2, 0.25) is 0 Å². The van der Waals surface area contributed by atoms with Crippen LogP contribution in [-0.4, -0.2) is 24.9 Å². The van der Waals surface area contributed by atoms with Crippen molar-refractivity contribution < 1.29 is 0 Å². The normalized spacial score (nSPS) is 11.4. The second-order valence-corrected chi connectivity index (χ2v) is 13.8. The minimum atomic E-state index is 0.658. The number of para-hydroxylation sites is 1. The van der Waals surface area contributed by atoms with E-state index in [1.807, 2.05) is 55.6 Å². The van der Waals surface area contributed by atoms with Gasteiger partial charge in [-0.05, 0) is 60.0 Å². The van der Waals surface area contributed by atoms with Crippen molar-refractivity contribution in [3.05, 3.63) is 188 Å². The molecule has 0 amide bonds. The molecule has 258 valence electrons. The van der Waals surface area contributed by atoms with Crippen molar-refractivity contribution in [2.75, 3.05) is 0 Å². The molecule has 10 aromatic rings. The monoisotopic (exact) mass is 703 g/mol. The Morgan fingerprint density at radius 1 is 0.345 bits per heavy atom. The number of benzene rings is 6. The predicted molar refractivity (Wildman–Crippen MR) is 225 cm³/mol. The topological polar surface area (TPSA) is 64.5 Å². The average Bonchev–Trinajstić information content (AvgIpc) is 3.26. The molecule has 0 saturated heterocycles. The lowest BCUT2D eigenvalue weighted by molar-refractivity contribution is 1.18. The predicted octanol–water partition coefficient (Wildman–Crippen LogP) is 12.4. The van der Waals surface area contributed by atoms with Gasteiger partial charge in [-0.15, -0.1) is 0 Å². The Labute approximate surface area is 318 Å². The van der Waals surface area contributed by atoms with E-state index in [9.17, 15) is 0 Å². The number of hydrogen-bond acceptors (Lipinski definition) is 5. The molecular weight excluding hydrogens is 671 g/mol. The molecule has 10 rings (SSSR count). The largest absolute Gasteiger partial charge is 0.256 e. The van der Waals surface area contributed by atoms with E-state index in [-0.39, 0.29) is 0 Å². The van der Waals surface area contributed by atoms with Gasteiger partial charge < -0.3 is 0 Å². The highest BCUT2D eigenvalue weighted by atomic mass is 14.9. The van der Waals surface area contributed by atoms with Crippen molar-refractivity contribution in [2.45, 2.75) is 6.92 Å². The van der Waals surface area contributed by atoms with Gasteiger partial charge in [-0.3, -0.25) is 9.97 Å². The van der Waals surface area contributed by atoms with E-state index >= 15 is 0 Å². The van der Waals surface area contributed by atoms with E-state index in [4.69, 9.17) is 24.9 Å². The highest BCUT2D eigenvalue weighted by Gasteiger charge is 2.16. The summed E-state index contributed by atoms with van der Waals surface area (Å²) in [5, 5.41) is 3.22. The Hall–Kier alpha value is -7.37. The maximum Gasteiger partial charge on any atom is 0.160 e. The average molecular weight is 704 g/mol. The van der Waals surface area contributed by atoms with Crippen molar-refractivity contribution in [3.8, 4) is 67.4 Å². The SMILES string of the molecule is Cc1cc(-c2cccc(-c3nc(-c4ccccc4)cc(-c4cccc(-c5cccc6cccnc56)c4)n3)c2)c2ccc3ccc(-c4ccccc4)nc3c2n1. The molecule has 4 aromatic heterocycles. The van der Waals surface area contributed by atoms with Gasteiger partial charge in [-0.2, -0.15) is 0 Å². The fraction of sp³-hybridized carbons (Fsp3) is 0.0200. The van der Waals surface area contributed by atoms with Gasteiger partial charge in [0.1, 0.15) is 0 Å². The van der Waals surface area contributed by atoms with Crippen LogP contribution in [-0.2, 0) is 0 Å². The van der Waals surface area contributed by atoms with Crippen LogP contribution in [0.1, 0.15) is 5.69 Å². The molecule has 6 aromatic carbocycles. The fourth-order valence-electron chi connectivity index (χ4n) is 7.50. The van der Waals surface area contributed by atoms with Gasteiger partial charge in [0.15, 0.2) is 5.82 Å². The molecule has 0 aliphatic carbocycles. The van der Waals surface area contributed by atoms with Gasteiger partial charge in [0, 0.05) is 55.9 Å². The highest BCUT2D eigenvalue weighted by molar-refractivity contribution is 6.09. The molecule has 0 unspecified atom stereocenters. The maximum atomic E-state index is 5.24. The fourth-order valence-corrected chi connectivity index (χ4v) is 7.50. The zero-order valence-corrected chi connectivity index (χ0v) is 30.1. The standard InChI is InChI=1S/C50H33N5/c1-32-28-43(42-25-23-36-24-26-44(33-12-4-2-5-13-33)53-48(36)49(42)52-32)38-18-9-20-40(30-38)50-54-45(34-14-6-3-7-15-34)31-46(55-50)39-19-8-17-37(29-39)41-22-10-16-35-21-11-27-51-47(35)41/h2-31H,1H3. The molecule has 5 nitrogen and oxygen atoms in total. The maximum absolute atomic E-state index is 5.24. The first-order chi connectivity index (χ1) is 27.1. The van der Waals surface area contributed by atoms with Crippen LogP contribution in [0.5, 0.6) is 0 Å². The number of hydrogen-bond donors (Lipinski definition) is 0. The minimum absolute atomic E-state index is 0.658. The van der Waals surface area contributed by atoms with Gasteiger partial charge in [0.05, 0.1) is 33.6 Å². The summed E-state index contributed by atoms with van der Waals surface area (Å²) in [7, 11) is 0. The third-order valence-electron chi connectivity index (χ3n) is 10.2. The molecule has 0 fully saturated rings. The van der Waals surface area contributed by atoms with Gasteiger partial charge in [0.25, 0.3) is 0 Å². The van der Waals surface area contributed by atoms with Crippen LogP contribution in [0.4, 0.5) is 0 Å². The molecule has 55 heavy (non-hydrogen) atoms. The quantitative estimate of drug-likeness (QED) is 0.161. The molecule has 0 N–H and O–H groups in total. The molecule has 0 atom stereocenters. The van der Waals surface area contributed by atoms with E-state index in [0.717, 1.165) is 100.0 Å². The third kappa shape index (κ3) is 6.08. The molecule has 5 heteroatoms. The summed E-state index contributed by atoms with van der Waals surface area (Å²) in [6.07, 6.45) is 1.85. The summed E-state index contributed by atoms with van der Waals surface area (Å²) in [6.45, 7) is 2.05. The first-order valence-electron chi connectivity index (χ1n) is 18.4. The lowest BCUT2D eigenvalue weighted by atomic mass is 9.96. The zero-order chi connectivity index (χ0) is 36.7. The van der Waals surface area contributed by atoms with Crippen LogP contribution in [0, 0.1) is 6.92 Å². The number of nitrogens with zero attached hydrogens (tertiary/aromatic N) is 5. The van der Waals surface area contributed by atoms with Gasteiger partial charge in [-0.1, -0.05) is 140 Å². The van der Waals surface area contributed by atoms with Crippen molar-refractivity contribution in [1.29, 1.82) is 0 Å². The summed E-state index contributed by atoms with van der Waals surface area (Å²) < 4.78 is 0. The Morgan fingerprint density at radius 3 is 1.75 bits per heavy atom. The van der Waals surface area contributed by atoms with Crippen molar-refractivity contribution in [2.24, 2.45) is 0 Å². The van der Waals surface area contributed by atoms with Crippen molar-refractivity contribution in [1.82, 2.24) is 24.9 Å². The zero-order valence-electron chi connectivity index (χ0n) is 30.1. The number of fused-ring (bicyclic) bond motifs is 4. The molecule has 0 saturated carbocycles. The van der Waals surface area contributed by atoms with Crippen LogP contribution in [0.3, 0.4) is 0 Å². The highest BCUT2D eigenvalue weighted by Crippen LogP contribution is 2.36. The smallest absolute Gasteiger partial charge is 0.160 e. The van der Waals surface area contributed by atoms with Crippen LogP contribution in [0.2, 0.25) is 0 Å². The lowest BCUT2D eigenvalue weighted by Crippen LogP contribution is -1.97. The van der Waals surface area contributed by atoms with Crippen LogP contribution in [0.25, 0.3) is 100 Å². The number of aromatic nitrogens is 5. The van der Waals surface area contributed by atoms with Crippen molar-refractivity contribution >= 4 is 32.7 Å². The molecule has 0 aliphatic heterocycles. The van der Waals surface area contributed by atoms with Crippen molar-refractivity contribution in [3.63, 3.8) is 0 Å². The Morgan fingerprint density at radius 2 is 0.945 bits per heavy atom. The minimum Gasteiger partial charge on any atom is -0.256 e. The number of aryl methyl sites for hydroxylation is 1. The Kier molecular flexibility index (Phi) is 7.96. The molecule has 0 spiro atoms.